The number of ether oxygens (including phenoxy) is 6. The number of carbonyl (C=O) groups is 1. The molecule has 19 nitrogen and oxygen atoms in total. The highest BCUT2D eigenvalue weighted by Gasteiger charge is 2.54. The molecule has 0 aromatic rings. The zero-order chi connectivity index (χ0) is 73.9. The summed E-state index contributed by atoms with van der Waals surface area (Å²) < 4.78 is 34.4. The third-order valence-corrected chi connectivity index (χ3v) is 19.6. The molecule has 0 radical (unpaired) electrons. The first-order valence-electron chi connectivity index (χ1n) is 40.5. The average Bonchev–Trinajstić information content (AvgIpc) is 0.766. The van der Waals surface area contributed by atoms with Crippen LogP contribution in [0.5, 0.6) is 0 Å². The van der Waals surface area contributed by atoms with Crippen molar-refractivity contribution in [1.82, 2.24) is 5.32 Å². The van der Waals surface area contributed by atoms with Crippen molar-refractivity contribution in [2.45, 2.75) is 394 Å². The molecule has 3 heterocycles. The lowest BCUT2D eigenvalue weighted by Crippen LogP contribution is -2.66. The molecule has 3 aliphatic heterocycles. The number of allylic oxidation sites excluding steroid dienone is 15. The van der Waals surface area contributed by atoms with E-state index in [4.69, 9.17) is 28.4 Å². The minimum absolute atomic E-state index is 0.225. The fourth-order valence-electron chi connectivity index (χ4n) is 13.1. The normalized spacial score (nSPS) is 26.7. The zero-order valence-corrected chi connectivity index (χ0v) is 63.1. The number of amides is 1. The van der Waals surface area contributed by atoms with E-state index in [0.717, 1.165) is 89.9 Å². The number of unbranched alkanes of at least 4 members (excludes halogenated alkanes) is 33. The molecular formula is C83H145NO18. The van der Waals surface area contributed by atoms with E-state index in [1.54, 1.807) is 6.08 Å². The second kappa shape index (κ2) is 62.7. The lowest BCUT2D eigenvalue weighted by atomic mass is 9.96. The summed E-state index contributed by atoms with van der Waals surface area (Å²) in [4.78, 5) is 13.5. The van der Waals surface area contributed by atoms with Crippen LogP contribution in [-0.4, -0.2) is 193 Å². The van der Waals surface area contributed by atoms with E-state index in [2.05, 4.69) is 104 Å². The summed E-state index contributed by atoms with van der Waals surface area (Å²) >= 11 is 0. The van der Waals surface area contributed by atoms with Crippen LogP contribution >= 0.6 is 0 Å². The van der Waals surface area contributed by atoms with Crippen LogP contribution in [0.1, 0.15) is 290 Å². The Balaban J connectivity index is 1.40. The molecule has 590 valence electrons. The molecule has 3 fully saturated rings. The van der Waals surface area contributed by atoms with Crippen LogP contribution in [-0.2, 0) is 33.2 Å². The van der Waals surface area contributed by atoms with Crippen molar-refractivity contribution < 1.29 is 89.4 Å². The van der Waals surface area contributed by atoms with E-state index in [-0.39, 0.29) is 18.9 Å². The molecule has 3 rings (SSSR count). The summed E-state index contributed by atoms with van der Waals surface area (Å²) in [6, 6.07) is -1.00. The third-order valence-electron chi connectivity index (χ3n) is 19.6. The predicted molar refractivity (Wildman–Crippen MR) is 406 cm³/mol. The van der Waals surface area contributed by atoms with E-state index in [1.807, 2.05) is 6.08 Å². The Kier molecular flexibility index (Phi) is 57.1. The van der Waals surface area contributed by atoms with E-state index in [9.17, 15) is 61.0 Å². The van der Waals surface area contributed by atoms with Crippen LogP contribution in [0.3, 0.4) is 0 Å². The van der Waals surface area contributed by atoms with Crippen LogP contribution in [0.2, 0.25) is 0 Å². The van der Waals surface area contributed by atoms with Crippen LogP contribution in [0, 0.1) is 0 Å². The van der Waals surface area contributed by atoms with E-state index < -0.39 is 124 Å². The predicted octanol–water partition coefficient (Wildman–Crippen LogP) is 13.6. The second-order valence-electron chi connectivity index (χ2n) is 28.5. The van der Waals surface area contributed by atoms with Crippen molar-refractivity contribution in [1.29, 1.82) is 0 Å². The Labute approximate surface area is 615 Å². The molecule has 17 unspecified atom stereocenters. The number of aliphatic hydroxyl groups excluding tert-OH is 11. The maximum Gasteiger partial charge on any atom is 0.220 e. The van der Waals surface area contributed by atoms with Gasteiger partial charge in [-0.3, -0.25) is 4.79 Å². The molecule has 3 aliphatic rings. The minimum Gasteiger partial charge on any atom is -0.394 e. The molecule has 0 aliphatic carbocycles. The minimum atomic E-state index is -1.99. The summed E-state index contributed by atoms with van der Waals surface area (Å²) in [5, 5.41) is 121. The molecule has 0 aromatic heterocycles. The van der Waals surface area contributed by atoms with Crippen molar-refractivity contribution >= 4 is 5.91 Å². The van der Waals surface area contributed by atoms with Gasteiger partial charge in [-0.1, -0.05) is 291 Å². The molecule has 0 bridgehead atoms. The lowest BCUT2D eigenvalue weighted by Gasteiger charge is -2.48. The number of hydrogen-bond donors (Lipinski definition) is 12. The molecule has 3 saturated heterocycles. The monoisotopic (exact) mass is 1440 g/mol. The van der Waals surface area contributed by atoms with Gasteiger partial charge in [-0.25, -0.2) is 0 Å². The number of aliphatic hydroxyl groups is 11. The van der Waals surface area contributed by atoms with Gasteiger partial charge in [0.15, 0.2) is 18.9 Å². The van der Waals surface area contributed by atoms with Crippen molar-refractivity contribution in [2.75, 3.05) is 26.4 Å². The van der Waals surface area contributed by atoms with Crippen molar-refractivity contribution in [3.63, 3.8) is 0 Å². The third kappa shape index (κ3) is 42.3. The molecule has 1 amide bonds. The summed E-state index contributed by atoms with van der Waals surface area (Å²) in [7, 11) is 0. The van der Waals surface area contributed by atoms with Crippen LogP contribution in [0.4, 0.5) is 0 Å². The average molecular weight is 1450 g/mol. The highest BCUT2D eigenvalue weighted by atomic mass is 16.8. The van der Waals surface area contributed by atoms with Crippen LogP contribution in [0.15, 0.2) is 97.2 Å². The SMILES string of the molecule is CC/C=C\C/C=C\C/C=C\C/C=C\C/C=C\CCCCCCCCCCCCCCCC(=O)NC(COC1OC(CO)C(OC2OC(CO)C(OC3OC(CO)C(O)C(O)C3O)C(O)C2O)C(O)C1O)C(O)/C=C/CC/C=C/CC/C=C/CCCCCCCCCCCCCCCCCCCC. The zero-order valence-electron chi connectivity index (χ0n) is 63.1. The summed E-state index contributed by atoms with van der Waals surface area (Å²) in [6.45, 7) is 1.62. The number of rotatable bonds is 63. The second-order valence-corrected chi connectivity index (χ2v) is 28.5. The Morgan fingerprint density at radius 1 is 0.363 bits per heavy atom. The quantitative estimate of drug-likeness (QED) is 0.0199. The fourth-order valence-corrected chi connectivity index (χ4v) is 13.1. The van der Waals surface area contributed by atoms with Gasteiger partial charge in [0.1, 0.15) is 73.2 Å². The molecule has 102 heavy (non-hydrogen) atoms. The smallest absolute Gasteiger partial charge is 0.220 e. The van der Waals surface area contributed by atoms with Crippen molar-refractivity contribution in [2.24, 2.45) is 0 Å². The Morgan fingerprint density at radius 2 is 0.686 bits per heavy atom. The van der Waals surface area contributed by atoms with Gasteiger partial charge in [0.2, 0.25) is 5.91 Å². The molecule has 0 aromatic carbocycles. The van der Waals surface area contributed by atoms with Gasteiger partial charge >= 0.3 is 0 Å². The van der Waals surface area contributed by atoms with Crippen molar-refractivity contribution in [3.05, 3.63) is 97.2 Å². The largest absolute Gasteiger partial charge is 0.394 e. The molecule has 19 heteroatoms. The molecule has 0 spiro atoms. The van der Waals surface area contributed by atoms with Gasteiger partial charge in [0.05, 0.1) is 38.6 Å². The summed E-state index contributed by atoms with van der Waals surface area (Å²) in [6.07, 6.45) is 58.2. The summed E-state index contributed by atoms with van der Waals surface area (Å²) in [5.41, 5.74) is 0. The highest BCUT2D eigenvalue weighted by molar-refractivity contribution is 5.76. The van der Waals surface area contributed by atoms with E-state index in [0.29, 0.717) is 12.8 Å². The van der Waals surface area contributed by atoms with Gasteiger partial charge < -0.3 is 89.9 Å². The maximum atomic E-state index is 13.5. The van der Waals surface area contributed by atoms with Gasteiger partial charge in [-0.2, -0.15) is 0 Å². The molecular weight excluding hydrogens is 1300 g/mol. The van der Waals surface area contributed by atoms with Gasteiger partial charge in [-0.05, 0) is 89.9 Å². The summed E-state index contributed by atoms with van der Waals surface area (Å²) in [5.74, 6) is -0.292. The van der Waals surface area contributed by atoms with E-state index in [1.165, 1.54) is 167 Å². The number of nitrogens with one attached hydrogen (secondary N) is 1. The van der Waals surface area contributed by atoms with Gasteiger partial charge in [-0.15, -0.1) is 0 Å². The highest BCUT2D eigenvalue weighted by Crippen LogP contribution is 2.33. The molecule has 17 atom stereocenters. The maximum absolute atomic E-state index is 13.5. The molecule has 12 N–H and O–H groups in total. The first kappa shape index (κ1) is 92.9. The Morgan fingerprint density at radius 3 is 1.10 bits per heavy atom. The lowest BCUT2D eigenvalue weighted by molar-refractivity contribution is -0.379. The number of carbonyl (C=O) groups excluding carboxylic acids is 1. The van der Waals surface area contributed by atoms with Gasteiger partial charge in [0.25, 0.3) is 0 Å². The van der Waals surface area contributed by atoms with E-state index >= 15 is 0 Å². The Hall–Kier alpha value is -3.29. The van der Waals surface area contributed by atoms with Crippen LogP contribution in [0.25, 0.3) is 0 Å². The first-order chi connectivity index (χ1) is 49.8. The molecule has 0 saturated carbocycles. The number of hydrogen-bond acceptors (Lipinski definition) is 18. The van der Waals surface area contributed by atoms with Gasteiger partial charge in [0, 0.05) is 6.42 Å². The van der Waals surface area contributed by atoms with Crippen molar-refractivity contribution in [3.8, 4) is 0 Å². The van der Waals surface area contributed by atoms with Crippen LogP contribution < -0.4 is 5.32 Å². The fraction of sp³-hybridized carbons (Fsp3) is 0.795. The topological polar surface area (TPSA) is 307 Å². The first-order valence-corrected chi connectivity index (χ1v) is 40.5. The standard InChI is InChI=1S/C83H145NO18/c1-3-5-7-9-11-13-15-17-19-21-23-25-27-29-31-33-35-37-39-41-43-45-47-49-51-53-55-57-59-61-71(89)84-66(67(88)60-58-56-54-52-50-48-46-44-42-40-38-36-34-32-30-28-26-24-22-20-18-16-14-12-10-8-6-4-2)65-97-81-77(95)74(92)79(69(63-86)99-81)102-83-78(96)75(93)80(70(64-87)100-83)101-82-76(94)73(91)72(90)68(62-85)98-82/h5,7,11,13,17,19,23,25,29,31,42,44,50,52,58,60,66-70,72-83,85-88,90-96H,3-4,6,8-10,12,14-16,18,20-22,24,26-28,30,32-41,43,45-49,51,53-57,59,61-65H2,1-2H3,(H,84,89)/b7-5-,13-11-,19-17-,25-23-,31-29-,44-42+,52-50+,60-58+. The Bertz CT molecular complexity index is 2220.